The molecule has 31 heavy (non-hydrogen) atoms. The Hall–Kier alpha value is -3.34. The first-order valence-electron chi connectivity index (χ1n) is 9.20. The Morgan fingerprint density at radius 1 is 1.13 bits per heavy atom. The lowest BCUT2D eigenvalue weighted by Crippen LogP contribution is -2.50. The van der Waals surface area contributed by atoms with Crippen molar-refractivity contribution in [2.75, 3.05) is 16.0 Å². The predicted octanol–water partition coefficient (Wildman–Crippen LogP) is 3.67. The Labute approximate surface area is 179 Å². The topological polar surface area (TPSA) is 80.1 Å². The van der Waals surface area contributed by atoms with Gasteiger partial charge in [0.1, 0.15) is 12.4 Å². The highest BCUT2D eigenvalue weighted by atomic mass is 32.2. The van der Waals surface area contributed by atoms with Crippen molar-refractivity contribution >= 4 is 35.0 Å². The first-order chi connectivity index (χ1) is 14.8. The van der Waals surface area contributed by atoms with Crippen LogP contribution in [0.3, 0.4) is 0 Å². The molecule has 0 saturated heterocycles. The van der Waals surface area contributed by atoms with Gasteiger partial charge in [-0.1, -0.05) is 42.1 Å². The number of rotatable bonds is 4. The molecule has 0 aliphatic carbocycles. The summed E-state index contributed by atoms with van der Waals surface area (Å²) in [7, 11) is 0. The quantitative estimate of drug-likeness (QED) is 0.618. The van der Waals surface area contributed by atoms with Gasteiger partial charge in [-0.2, -0.15) is 13.2 Å². The van der Waals surface area contributed by atoms with Gasteiger partial charge in [0.05, 0.1) is 29.2 Å². The standard InChI is InChI=1S/C20H16F3N5O2S/c21-20(22,23)16-10-17(29)25-14-8-4-5-9-15(14)28(16)18(30)11-31-19-24-12-27(26-19)13-6-2-1-3-7-13/h1-9,12,16H,10-11H2,(H,25,29)/t16-/m1/s1. The lowest BCUT2D eigenvalue weighted by atomic mass is 10.1. The summed E-state index contributed by atoms with van der Waals surface area (Å²) in [6.45, 7) is 0. The maximum absolute atomic E-state index is 13.7. The van der Waals surface area contributed by atoms with Crippen LogP contribution in [0.25, 0.3) is 5.69 Å². The van der Waals surface area contributed by atoms with Gasteiger partial charge in [0.15, 0.2) is 0 Å². The van der Waals surface area contributed by atoms with Gasteiger partial charge >= 0.3 is 6.18 Å². The normalized spacial score (nSPS) is 16.4. The van der Waals surface area contributed by atoms with Gasteiger partial charge in [-0.05, 0) is 24.3 Å². The second-order valence-corrected chi connectivity index (χ2v) is 7.63. The maximum atomic E-state index is 13.7. The highest BCUT2D eigenvalue weighted by molar-refractivity contribution is 7.99. The molecule has 0 unspecified atom stereocenters. The summed E-state index contributed by atoms with van der Waals surface area (Å²) in [6.07, 6.45) is -4.19. The maximum Gasteiger partial charge on any atom is 0.409 e. The molecule has 2 heterocycles. The third-order valence-corrected chi connectivity index (χ3v) is 5.43. The second-order valence-electron chi connectivity index (χ2n) is 6.69. The minimum absolute atomic E-state index is 0.00375. The van der Waals surface area contributed by atoms with E-state index in [0.717, 1.165) is 17.4 Å². The zero-order chi connectivity index (χ0) is 22.0. The number of carbonyl (C=O) groups excluding carboxylic acids is 2. The number of nitrogens with one attached hydrogen (secondary N) is 1. The first-order valence-corrected chi connectivity index (χ1v) is 10.2. The van der Waals surface area contributed by atoms with Gasteiger partial charge < -0.3 is 5.32 Å². The zero-order valence-corrected chi connectivity index (χ0v) is 16.7. The van der Waals surface area contributed by atoms with Crippen molar-refractivity contribution in [2.45, 2.75) is 23.8 Å². The smallest absolute Gasteiger partial charge is 0.324 e. The molecule has 0 spiro atoms. The molecule has 1 N–H and O–H groups in total. The van der Waals surface area contributed by atoms with E-state index in [9.17, 15) is 22.8 Å². The van der Waals surface area contributed by atoms with Crippen LogP contribution in [0.1, 0.15) is 6.42 Å². The number of para-hydroxylation sites is 3. The molecule has 2 aromatic carbocycles. The average Bonchev–Trinajstić information content (AvgIpc) is 3.15. The molecule has 1 aliphatic rings. The lowest BCUT2D eigenvalue weighted by Gasteiger charge is -2.31. The van der Waals surface area contributed by atoms with Crippen LogP contribution >= 0.6 is 11.8 Å². The van der Waals surface area contributed by atoms with Crippen LogP contribution in [0.4, 0.5) is 24.5 Å². The van der Waals surface area contributed by atoms with Crippen molar-refractivity contribution in [3.8, 4) is 5.69 Å². The lowest BCUT2D eigenvalue weighted by molar-refractivity contribution is -0.157. The van der Waals surface area contributed by atoms with E-state index in [1.165, 1.54) is 29.2 Å². The van der Waals surface area contributed by atoms with E-state index in [4.69, 9.17) is 0 Å². The Morgan fingerprint density at radius 2 is 1.84 bits per heavy atom. The largest absolute Gasteiger partial charge is 0.409 e. The molecule has 0 fully saturated rings. The molecule has 0 bridgehead atoms. The van der Waals surface area contributed by atoms with E-state index in [-0.39, 0.29) is 22.3 Å². The Bertz CT molecular complexity index is 1100. The summed E-state index contributed by atoms with van der Waals surface area (Å²) in [4.78, 5) is 29.7. The van der Waals surface area contributed by atoms with Gasteiger partial charge in [-0.3, -0.25) is 14.5 Å². The van der Waals surface area contributed by atoms with Crippen LogP contribution in [0.2, 0.25) is 0 Å². The first kappa shape index (κ1) is 20.9. The van der Waals surface area contributed by atoms with E-state index in [0.29, 0.717) is 4.90 Å². The molecule has 0 radical (unpaired) electrons. The second kappa shape index (κ2) is 8.42. The fourth-order valence-electron chi connectivity index (χ4n) is 3.21. The van der Waals surface area contributed by atoms with Gasteiger partial charge in [0, 0.05) is 0 Å². The number of fused-ring (bicyclic) bond motifs is 1. The van der Waals surface area contributed by atoms with Crippen molar-refractivity contribution in [1.29, 1.82) is 0 Å². The molecule has 2 amide bonds. The van der Waals surface area contributed by atoms with Crippen LogP contribution in [0.15, 0.2) is 66.1 Å². The van der Waals surface area contributed by atoms with E-state index in [2.05, 4.69) is 15.4 Å². The number of carbonyl (C=O) groups is 2. The van der Waals surface area contributed by atoms with Crippen LogP contribution in [-0.4, -0.2) is 44.5 Å². The van der Waals surface area contributed by atoms with Crippen LogP contribution in [-0.2, 0) is 9.59 Å². The van der Waals surface area contributed by atoms with Gasteiger partial charge in [0.2, 0.25) is 17.0 Å². The monoisotopic (exact) mass is 447 g/mol. The number of amides is 2. The van der Waals surface area contributed by atoms with Crippen molar-refractivity contribution in [3.05, 3.63) is 60.9 Å². The minimum atomic E-state index is -4.78. The summed E-state index contributed by atoms with van der Waals surface area (Å²) in [6, 6.07) is 12.8. The third-order valence-electron chi connectivity index (χ3n) is 4.59. The molecule has 3 aromatic rings. The van der Waals surface area contributed by atoms with E-state index >= 15 is 0 Å². The van der Waals surface area contributed by atoms with Crippen molar-refractivity contribution in [2.24, 2.45) is 0 Å². The zero-order valence-electron chi connectivity index (χ0n) is 15.9. The van der Waals surface area contributed by atoms with E-state index < -0.39 is 30.5 Å². The van der Waals surface area contributed by atoms with Gasteiger partial charge in [-0.25, -0.2) is 9.67 Å². The van der Waals surface area contributed by atoms with Gasteiger partial charge in [-0.15, -0.1) is 5.10 Å². The summed E-state index contributed by atoms with van der Waals surface area (Å²) in [5.41, 5.74) is 0.921. The van der Waals surface area contributed by atoms with Crippen LogP contribution < -0.4 is 10.2 Å². The third kappa shape index (κ3) is 4.55. The molecule has 1 atom stereocenters. The molecule has 11 heteroatoms. The molecule has 1 aromatic heterocycles. The summed E-state index contributed by atoms with van der Waals surface area (Å²) < 4.78 is 42.7. The number of anilines is 2. The Balaban J connectivity index is 1.57. The van der Waals surface area contributed by atoms with E-state index in [1.54, 1.807) is 6.07 Å². The number of aromatic nitrogens is 3. The molecule has 4 rings (SSSR count). The van der Waals surface area contributed by atoms with Crippen LogP contribution in [0, 0.1) is 0 Å². The fraction of sp³-hybridized carbons (Fsp3) is 0.200. The molecule has 7 nitrogen and oxygen atoms in total. The van der Waals surface area contributed by atoms with Crippen molar-refractivity contribution in [3.63, 3.8) is 0 Å². The Morgan fingerprint density at radius 3 is 2.58 bits per heavy atom. The number of hydrogen-bond acceptors (Lipinski definition) is 5. The van der Waals surface area contributed by atoms with E-state index in [1.807, 2.05) is 30.3 Å². The molecule has 160 valence electrons. The molecule has 1 aliphatic heterocycles. The number of thioether (sulfide) groups is 1. The minimum Gasteiger partial charge on any atom is -0.324 e. The number of hydrogen-bond donors (Lipinski definition) is 1. The number of alkyl halides is 3. The van der Waals surface area contributed by atoms with Crippen molar-refractivity contribution in [1.82, 2.24) is 14.8 Å². The molecular formula is C20H16F3N5O2S. The highest BCUT2D eigenvalue weighted by Crippen LogP contribution is 2.38. The number of nitrogens with zero attached hydrogens (tertiary/aromatic N) is 4. The number of benzene rings is 2. The summed E-state index contributed by atoms with van der Waals surface area (Å²) in [5, 5.41) is 6.93. The SMILES string of the molecule is O=C1C[C@H](C(F)(F)F)N(C(=O)CSc2ncn(-c3ccccc3)n2)c2ccccc2N1. The van der Waals surface area contributed by atoms with Crippen molar-refractivity contribution < 1.29 is 22.8 Å². The predicted molar refractivity (Wildman–Crippen MR) is 109 cm³/mol. The van der Waals surface area contributed by atoms with Crippen LogP contribution in [0.5, 0.6) is 0 Å². The molecule has 0 saturated carbocycles. The number of halogens is 3. The fourth-order valence-corrected chi connectivity index (χ4v) is 3.87. The van der Waals surface area contributed by atoms with Gasteiger partial charge in [0.25, 0.3) is 0 Å². The summed E-state index contributed by atoms with van der Waals surface area (Å²) in [5.74, 6) is -1.93. The Kier molecular flexibility index (Phi) is 5.68. The molecular weight excluding hydrogens is 431 g/mol. The summed E-state index contributed by atoms with van der Waals surface area (Å²) >= 11 is 0.926. The average molecular weight is 447 g/mol. The highest BCUT2D eigenvalue weighted by Gasteiger charge is 2.48.